The maximum Gasteiger partial charge on any atom is 0.166 e. The van der Waals surface area contributed by atoms with E-state index in [1.54, 1.807) is 11.3 Å². The van der Waals surface area contributed by atoms with Gasteiger partial charge in [-0.2, -0.15) is 0 Å². The Morgan fingerprint density at radius 1 is 1.17 bits per heavy atom. The van der Waals surface area contributed by atoms with E-state index in [9.17, 15) is 0 Å². The molecule has 3 N–H and O–H groups in total. The van der Waals surface area contributed by atoms with Gasteiger partial charge in [0.2, 0.25) is 0 Å². The van der Waals surface area contributed by atoms with Crippen LogP contribution in [-0.4, -0.2) is 13.2 Å². The minimum atomic E-state index is -0.0679. The molecule has 2 aromatic rings. The maximum atomic E-state index is 5.72. The van der Waals surface area contributed by atoms with Gasteiger partial charge in [-0.25, -0.2) is 5.43 Å². The van der Waals surface area contributed by atoms with Gasteiger partial charge in [-0.1, -0.05) is 18.2 Å². The summed E-state index contributed by atoms with van der Waals surface area (Å²) in [6, 6.07) is 9.88. The van der Waals surface area contributed by atoms with E-state index in [4.69, 9.17) is 15.3 Å². The predicted octanol–water partition coefficient (Wildman–Crippen LogP) is 2.07. The second-order valence-electron chi connectivity index (χ2n) is 3.99. The molecule has 2 heterocycles. The van der Waals surface area contributed by atoms with Crippen LogP contribution in [0.15, 0.2) is 35.7 Å². The summed E-state index contributed by atoms with van der Waals surface area (Å²) in [5.74, 6) is 7.27. The zero-order valence-electron chi connectivity index (χ0n) is 9.76. The number of nitrogens with one attached hydrogen (secondary N) is 1. The molecule has 0 fully saturated rings. The summed E-state index contributed by atoms with van der Waals surface area (Å²) in [4.78, 5) is 1.15. The van der Waals surface area contributed by atoms with Gasteiger partial charge in [-0.05, 0) is 17.5 Å². The average molecular weight is 262 g/mol. The largest absolute Gasteiger partial charge is 0.486 e. The summed E-state index contributed by atoms with van der Waals surface area (Å²) < 4.78 is 11.3. The Morgan fingerprint density at radius 3 is 2.83 bits per heavy atom. The number of nitrogens with two attached hydrogens (primary N) is 1. The van der Waals surface area contributed by atoms with Gasteiger partial charge in [0.15, 0.2) is 11.5 Å². The highest BCUT2D eigenvalue weighted by Crippen LogP contribution is 2.39. The number of rotatable bonds is 3. The van der Waals surface area contributed by atoms with Crippen LogP contribution in [0.1, 0.15) is 16.5 Å². The topological polar surface area (TPSA) is 56.5 Å². The zero-order chi connectivity index (χ0) is 12.4. The van der Waals surface area contributed by atoms with Gasteiger partial charge >= 0.3 is 0 Å². The molecule has 3 rings (SSSR count). The lowest BCUT2D eigenvalue weighted by atomic mass is 10.0. The lowest BCUT2D eigenvalue weighted by Crippen LogP contribution is -2.29. The minimum absolute atomic E-state index is 0.0679. The molecule has 0 saturated carbocycles. The molecule has 1 atom stereocenters. The smallest absolute Gasteiger partial charge is 0.166 e. The number of fused-ring (bicyclic) bond motifs is 1. The molecule has 1 aromatic carbocycles. The van der Waals surface area contributed by atoms with E-state index in [0.717, 1.165) is 21.9 Å². The van der Waals surface area contributed by atoms with Gasteiger partial charge < -0.3 is 9.47 Å². The SMILES string of the molecule is NNC(c1cccs1)c1cccc2c1OCCO2. The number of hydrazine groups is 1. The number of ether oxygens (including phenoxy) is 2. The van der Waals surface area contributed by atoms with Crippen molar-refractivity contribution in [1.29, 1.82) is 0 Å². The fourth-order valence-corrected chi connectivity index (χ4v) is 2.91. The number of benzene rings is 1. The fraction of sp³-hybridized carbons (Fsp3) is 0.231. The Bertz CT molecular complexity index is 528. The Morgan fingerprint density at radius 2 is 2.06 bits per heavy atom. The van der Waals surface area contributed by atoms with Gasteiger partial charge in [0.25, 0.3) is 0 Å². The molecule has 0 bridgehead atoms. The first-order valence-electron chi connectivity index (χ1n) is 5.78. The highest BCUT2D eigenvalue weighted by atomic mass is 32.1. The van der Waals surface area contributed by atoms with E-state index >= 15 is 0 Å². The van der Waals surface area contributed by atoms with Gasteiger partial charge in [0, 0.05) is 10.4 Å². The third-order valence-electron chi connectivity index (χ3n) is 2.90. The molecular formula is C13H14N2O2S. The Hall–Kier alpha value is -1.56. The molecule has 1 aliphatic rings. The fourth-order valence-electron chi connectivity index (χ4n) is 2.10. The van der Waals surface area contributed by atoms with E-state index in [1.165, 1.54) is 0 Å². The quantitative estimate of drug-likeness (QED) is 0.657. The summed E-state index contributed by atoms with van der Waals surface area (Å²) >= 11 is 1.66. The first-order chi connectivity index (χ1) is 8.90. The molecule has 0 aliphatic carbocycles. The van der Waals surface area contributed by atoms with Gasteiger partial charge in [-0.15, -0.1) is 11.3 Å². The summed E-state index contributed by atoms with van der Waals surface area (Å²) in [5, 5.41) is 2.03. The highest BCUT2D eigenvalue weighted by molar-refractivity contribution is 7.10. The van der Waals surface area contributed by atoms with Crippen LogP contribution in [0.3, 0.4) is 0 Å². The molecule has 0 amide bonds. The van der Waals surface area contributed by atoms with Crippen LogP contribution in [0.2, 0.25) is 0 Å². The van der Waals surface area contributed by atoms with Crippen LogP contribution >= 0.6 is 11.3 Å². The van der Waals surface area contributed by atoms with Crippen molar-refractivity contribution in [2.24, 2.45) is 5.84 Å². The van der Waals surface area contributed by atoms with Crippen LogP contribution < -0.4 is 20.7 Å². The van der Waals surface area contributed by atoms with E-state index in [2.05, 4.69) is 11.5 Å². The van der Waals surface area contributed by atoms with Crippen molar-refractivity contribution in [2.45, 2.75) is 6.04 Å². The van der Waals surface area contributed by atoms with Crippen molar-refractivity contribution in [3.63, 3.8) is 0 Å². The lowest BCUT2D eigenvalue weighted by molar-refractivity contribution is 0.169. The standard InChI is InChI=1S/C13H14N2O2S/c14-15-12(11-5-2-8-18-11)9-3-1-4-10-13(9)17-7-6-16-10/h1-5,8,12,15H,6-7,14H2. The summed E-state index contributed by atoms with van der Waals surface area (Å²) in [6.07, 6.45) is 0. The average Bonchev–Trinajstić information content (AvgIpc) is 2.94. The molecular weight excluding hydrogens is 248 g/mol. The molecule has 5 heteroatoms. The van der Waals surface area contributed by atoms with Crippen LogP contribution in [0, 0.1) is 0 Å². The van der Waals surface area contributed by atoms with Crippen molar-refractivity contribution in [1.82, 2.24) is 5.43 Å². The van der Waals surface area contributed by atoms with Crippen LogP contribution in [0.5, 0.6) is 11.5 Å². The number of thiophene rings is 1. The van der Waals surface area contributed by atoms with Crippen molar-refractivity contribution >= 4 is 11.3 Å². The first-order valence-corrected chi connectivity index (χ1v) is 6.66. The highest BCUT2D eigenvalue weighted by Gasteiger charge is 2.22. The normalized spacial score (nSPS) is 15.4. The van der Waals surface area contributed by atoms with Crippen molar-refractivity contribution in [2.75, 3.05) is 13.2 Å². The second-order valence-corrected chi connectivity index (χ2v) is 4.97. The van der Waals surface area contributed by atoms with Crippen molar-refractivity contribution < 1.29 is 9.47 Å². The van der Waals surface area contributed by atoms with Crippen LogP contribution in [0.25, 0.3) is 0 Å². The Balaban J connectivity index is 2.05. The van der Waals surface area contributed by atoms with Gasteiger partial charge in [-0.3, -0.25) is 5.84 Å². The Labute approximate surface area is 109 Å². The second kappa shape index (κ2) is 4.97. The summed E-state index contributed by atoms with van der Waals surface area (Å²) in [7, 11) is 0. The maximum absolute atomic E-state index is 5.72. The molecule has 18 heavy (non-hydrogen) atoms. The van der Waals surface area contributed by atoms with Gasteiger partial charge in [0.05, 0.1) is 6.04 Å². The number of para-hydroxylation sites is 1. The van der Waals surface area contributed by atoms with Crippen molar-refractivity contribution in [3.05, 3.63) is 46.2 Å². The molecule has 94 valence electrons. The van der Waals surface area contributed by atoms with E-state index in [1.807, 2.05) is 29.6 Å². The third kappa shape index (κ3) is 1.96. The third-order valence-corrected chi connectivity index (χ3v) is 3.84. The molecule has 0 saturated heterocycles. The van der Waals surface area contributed by atoms with Gasteiger partial charge in [0.1, 0.15) is 13.2 Å². The van der Waals surface area contributed by atoms with Crippen LogP contribution in [-0.2, 0) is 0 Å². The van der Waals surface area contributed by atoms with E-state index in [0.29, 0.717) is 13.2 Å². The summed E-state index contributed by atoms with van der Waals surface area (Å²) in [6.45, 7) is 1.17. The van der Waals surface area contributed by atoms with E-state index in [-0.39, 0.29) is 6.04 Å². The lowest BCUT2D eigenvalue weighted by Gasteiger charge is -2.24. The molecule has 1 aliphatic heterocycles. The van der Waals surface area contributed by atoms with Crippen molar-refractivity contribution in [3.8, 4) is 11.5 Å². The predicted molar refractivity (Wildman–Crippen MR) is 70.9 cm³/mol. The molecule has 0 radical (unpaired) electrons. The minimum Gasteiger partial charge on any atom is -0.486 e. The number of hydrogen-bond donors (Lipinski definition) is 2. The number of hydrogen-bond acceptors (Lipinski definition) is 5. The van der Waals surface area contributed by atoms with Crippen LogP contribution in [0.4, 0.5) is 0 Å². The molecule has 0 spiro atoms. The molecule has 4 nitrogen and oxygen atoms in total. The molecule has 1 aromatic heterocycles. The monoisotopic (exact) mass is 262 g/mol. The van der Waals surface area contributed by atoms with E-state index < -0.39 is 0 Å². The summed E-state index contributed by atoms with van der Waals surface area (Å²) in [5.41, 5.74) is 3.86. The Kier molecular flexibility index (Phi) is 3.19. The first kappa shape index (κ1) is 11.5. The molecule has 1 unspecified atom stereocenters. The zero-order valence-corrected chi connectivity index (χ0v) is 10.6.